The number of amides is 1. The van der Waals surface area contributed by atoms with Crippen LogP contribution in [0.4, 0.5) is 5.69 Å². The van der Waals surface area contributed by atoms with Crippen molar-refractivity contribution in [3.8, 4) is 6.07 Å². The summed E-state index contributed by atoms with van der Waals surface area (Å²) in [4.78, 5) is 14.3. The summed E-state index contributed by atoms with van der Waals surface area (Å²) >= 11 is 0. The van der Waals surface area contributed by atoms with Gasteiger partial charge in [0.2, 0.25) is 0 Å². The number of benzene rings is 1. The average molecular weight is 242 g/mol. The molecule has 1 aromatic carbocycles. The van der Waals surface area contributed by atoms with E-state index in [9.17, 15) is 10.1 Å². The van der Waals surface area contributed by atoms with Crippen molar-refractivity contribution in [1.29, 1.82) is 5.26 Å². The molecule has 0 bridgehead atoms. The fourth-order valence-electron chi connectivity index (χ4n) is 2.54. The van der Waals surface area contributed by atoms with Crippen molar-refractivity contribution in [3.05, 3.63) is 29.8 Å². The molecule has 0 N–H and O–H groups in total. The zero-order valence-electron chi connectivity index (χ0n) is 10.1. The lowest BCUT2D eigenvalue weighted by Crippen LogP contribution is -2.55. The number of para-hydroxylation sites is 1. The molecule has 0 saturated carbocycles. The van der Waals surface area contributed by atoms with Gasteiger partial charge >= 0.3 is 0 Å². The Bertz CT molecular complexity index is 529. The van der Waals surface area contributed by atoms with Gasteiger partial charge in [-0.3, -0.25) is 4.79 Å². The second-order valence-electron chi connectivity index (χ2n) is 4.88. The van der Waals surface area contributed by atoms with Gasteiger partial charge in [-0.25, -0.2) is 0 Å². The van der Waals surface area contributed by atoms with Crippen LogP contribution in [-0.2, 0) is 16.0 Å². The SMILES string of the molecule is N#CC1(C(=O)N2CCCc3ccccc32)COC1. The minimum Gasteiger partial charge on any atom is -0.377 e. The van der Waals surface area contributed by atoms with Crippen LogP contribution in [0, 0.1) is 16.7 Å². The van der Waals surface area contributed by atoms with E-state index >= 15 is 0 Å². The van der Waals surface area contributed by atoms with E-state index in [1.165, 1.54) is 5.56 Å². The third-order valence-corrected chi connectivity index (χ3v) is 3.68. The van der Waals surface area contributed by atoms with Gasteiger partial charge in [-0.15, -0.1) is 0 Å². The molecule has 3 rings (SSSR count). The number of fused-ring (bicyclic) bond motifs is 1. The first-order chi connectivity index (χ1) is 8.77. The van der Waals surface area contributed by atoms with E-state index in [-0.39, 0.29) is 19.1 Å². The summed E-state index contributed by atoms with van der Waals surface area (Å²) < 4.78 is 5.06. The number of hydrogen-bond acceptors (Lipinski definition) is 3. The van der Waals surface area contributed by atoms with E-state index in [0.29, 0.717) is 6.54 Å². The zero-order chi connectivity index (χ0) is 12.6. The fraction of sp³-hybridized carbons (Fsp3) is 0.429. The molecule has 2 heterocycles. The van der Waals surface area contributed by atoms with Crippen molar-refractivity contribution in [2.75, 3.05) is 24.7 Å². The highest BCUT2D eigenvalue weighted by Crippen LogP contribution is 2.34. The summed E-state index contributed by atoms with van der Waals surface area (Å²) in [5.74, 6) is -0.108. The maximum Gasteiger partial charge on any atom is 0.252 e. The Morgan fingerprint density at radius 3 is 2.83 bits per heavy atom. The van der Waals surface area contributed by atoms with Crippen LogP contribution >= 0.6 is 0 Å². The van der Waals surface area contributed by atoms with E-state index in [1.54, 1.807) is 4.90 Å². The second kappa shape index (κ2) is 4.11. The van der Waals surface area contributed by atoms with Crippen molar-refractivity contribution in [3.63, 3.8) is 0 Å². The standard InChI is InChI=1S/C14H14N2O2/c15-8-14(9-18-10-14)13(17)16-7-3-5-11-4-1-2-6-12(11)16/h1-2,4,6H,3,5,7,9-10H2. The van der Waals surface area contributed by atoms with Gasteiger partial charge in [0.15, 0.2) is 5.41 Å². The predicted molar refractivity (Wildman–Crippen MR) is 66.0 cm³/mol. The van der Waals surface area contributed by atoms with Crippen LogP contribution in [0.5, 0.6) is 0 Å². The first-order valence-corrected chi connectivity index (χ1v) is 6.16. The van der Waals surface area contributed by atoms with Gasteiger partial charge in [0.1, 0.15) is 0 Å². The van der Waals surface area contributed by atoms with Gasteiger partial charge in [-0.1, -0.05) is 18.2 Å². The number of hydrogen-bond donors (Lipinski definition) is 0. The molecule has 0 atom stereocenters. The maximum atomic E-state index is 12.5. The molecule has 0 aliphatic carbocycles. The lowest BCUT2D eigenvalue weighted by molar-refractivity contribution is -0.147. The molecule has 0 radical (unpaired) electrons. The molecule has 0 unspecified atom stereocenters. The number of nitriles is 1. The predicted octanol–water partition coefficient (Wildman–Crippen LogP) is 1.51. The van der Waals surface area contributed by atoms with Gasteiger partial charge in [-0.05, 0) is 24.5 Å². The van der Waals surface area contributed by atoms with Crippen molar-refractivity contribution in [2.24, 2.45) is 5.41 Å². The van der Waals surface area contributed by atoms with Gasteiger partial charge in [0.05, 0.1) is 19.3 Å². The molecule has 92 valence electrons. The summed E-state index contributed by atoms with van der Waals surface area (Å²) in [6, 6.07) is 10.0. The quantitative estimate of drug-likeness (QED) is 0.750. The Balaban J connectivity index is 1.95. The summed E-state index contributed by atoms with van der Waals surface area (Å²) in [5.41, 5.74) is 1.19. The summed E-state index contributed by atoms with van der Waals surface area (Å²) in [6.45, 7) is 1.14. The van der Waals surface area contributed by atoms with Crippen molar-refractivity contribution in [2.45, 2.75) is 12.8 Å². The molecule has 2 aliphatic heterocycles. The lowest BCUT2D eigenvalue weighted by atomic mass is 9.85. The van der Waals surface area contributed by atoms with Crippen molar-refractivity contribution < 1.29 is 9.53 Å². The number of carbonyl (C=O) groups is 1. The van der Waals surface area contributed by atoms with Crippen LogP contribution in [0.15, 0.2) is 24.3 Å². The number of nitrogens with zero attached hydrogens (tertiary/aromatic N) is 2. The summed E-state index contributed by atoms with van der Waals surface area (Å²) in [6.07, 6.45) is 1.95. The normalized spacial score (nSPS) is 20.5. The highest BCUT2D eigenvalue weighted by molar-refractivity contribution is 6.01. The number of aryl methyl sites for hydroxylation is 1. The summed E-state index contributed by atoms with van der Waals surface area (Å²) in [7, 11) is 0. The van der Waals surface area contributed by atoms with Crippen LogP contribution in [0.3, 0.4) is 0 Å². The van der Waals surface area contributed by atoms with E-state index in [0.717, 1.165) is 18.5 Å². The zero-order valence-corrected chi connectivity index (χ0v) is 10.1. The topological polar surface area (TPSA) is 53.3 Å². The summed E-state index contributed by atoms with van der Waals surface area (Å²) in [5, 5.41) is 9.21. The minimum atomic E-state index is -0.954. The fourth-order valence-corrected chi connectivity index (χ4v) is 2.54. The molecular weight excluding hydrogens is 228 g/mol. The second-order valence-corrected chi connectivity index (χ2v) is 4.88. The third kappa shape index (κ3) is 1.52. The minimum absolute atomic E-state index is 0.108. The largest absolute Gasteiger partial charge is 0.377 e. The van der Waals surface area contributed by atoms with E-state index in [1.807, 2.05) is 24.3 Å². The molecule has 1 saturated heterocycles. The Kier molecular flexibility index (Phi) is 2.57. The molecule has 18 heavy (non-hydrogen) atoms. The van der Waals surface area contributed by atoms with Crippen LogP contribution in [0.1, 0.15) is 12.0 Å². The van der Waals surface area contributed by atoms with E-state index < -0.39 is 5.41 Å². The molecule has 1 aromatic rings. The van der Waals surface area contributed by atoms with Gasteiger partial charge in [0.25, 0.3) is 5.91 Å². The highest BCUT2D eigenvalue weighted by atomic mass is 16.5. The van der Waals surface area contributed by atoms with E-state index in [2.05, 4.69) is 6.07 Å². The van der Waals surface area contributed by atoms with Gasteiger partial charge in [0, 0.05) is 12.2 Å². The first kappa shape index (κ1) is 11.2. The molecular formula is C14H14N2O2. The molecule has 2 aliphatic rings. The molecule has 4 heteroatoms. The Morgan fingerprint density at radius 2 is 2.17 bits per heavy atom. The van der Waals surface area contributed by atoms with Crippen LogP contribution in [-0.4, -0.2) is 25.7 Å². The van der Waals surface area contributed by atoms with Gasteiger partial charge < -0.3 is 9.64 Å². The molecule has 4 nitrogen and oxygen atoms in total. The van der Waals surface area contributed by atoms with Crippen LogP contribution in [0.2, 0.25) is 0 Å². The number of rotatable bonds is 1. The van der Waals surface area contributed by atoms with Crippen LogP contribution in [0.25, 0.3) is 0 Å². The Morgan fingerprint density at radius 1 is 1.39 bits per heavy atom. The number of ether oxygens (including phenoxy) is 1. The molecule has 0 spiro atoms. The highest BCUT2D eigenvalue weighted by Gasteiger charge is 2.49. The number of carbonyl (C=O) groups excluding carboxylic acids is 1. The lowest BCUT2D eigenvalue weighted by Gasteiger charge is -2.39. The average Bonchev–Trinajstić information content (AvgIpc) is 2.37. The number of anilines is 1. The van der Waals surface area contributed by atoms with Crippen molar-refractivity contribution >= 4 is 11.6 Å². The smallest absolute Gasteiger partial charge is 0.252 e. The van der Waals surface area contributed by atoms with E-state index in [4.69, 9.17) is 4.74 Å². The molecule has 1 fully saturated rings. The Labute approximate surface area is 106 Å². The molecule has 0 aromatic heterocycles. The van der Waals surface area contributed by atoms with Crippen LogP contribution < -0.4 is 4.90 Å². The molecule has 1 amide bonds. The third-order valence-electron chi connectivity index (χ3n) is 3.68. The Hall–Kier alpha value is -1.86. The van der Waals surface area contributed by atoms with Crippen molar-refractivity contribution in [1.82, 2.24) is 0 Å². The monoisotopic (exact) mass is 242 g/mol. The first-order valence-electron chi connectivity index (χ1n) is 6.16. The van der Waals surface area contributed by atoms with Gasteiger partial charge in [-0.2, -0.15) is 5.26 Å². The maximum absolute atomic E-state index is 12.5.